The molecule has 0 fully saturated rings. The fourth-order valence-electron chi connectivity index (χ4n) is 2.19. The van der Waals surface area contributed by atoms with Crippen molar-refractivity contribution in [2.24, 2.45) is 0 Å². The molecule has 27 heavy (non-hydrogen) atoms. The first-order valence-corrected chi connectivity index (χ1v) is 9.62. The third kappa shape index (κ3) is 5.45. The minimum absolute atomic E-state index is 0.102. The number of nitrogens with one attached hydrogen (secondary N) is 2. The molecule has 2 amide bonds. The number of carbonyl (C=O) groups excluding carboxylic acids is 2. The average Bonchev–Trinajstić information content (AvgIpc) is 3.18. The highest BCUT2D eigenvalue weighted by molar-refractivity contribution is 9.10. The molecular formula is C19H14BrFN2O3S. The second kappa shape index (κ2) is 8.88. The first-order valence-electron chi connectivity index (χ1n) is 7.84. The summed E-state index contributed by atoms with van der Waals surface area (Å²) in [5.74, 6) is -0.878. The Bertz CT molecular complexity index is 963. The van der Waals surface area contributed by atoms with Crippen molar-refractivity contribution in [1.29, 1.82) is 0 Å². The molecular weight excluding hydrogens is 435 g/mol. The molecule has 0 spiro atoms. The van der Waals surface area contributed by atoms with Crippen molar-refractivity contribution in [3.8, 4) is 0 Å². The maximum atomic E-state index is 13.8. The Balaban J connectivity index is 1.56. The highest BCUT2D eigenvalue weighted by atomic mass is 79.9. The summed E-state index contributed by atoms with van der Waals surface area (Å²) in [5, 5.41) is 5.26. The summed E-state index contributed by atoms with van der Waals surface area (Å²) in [6.45, 7) is 0. The molecule has 0 aliphatic rings. The van der Waals surface area contributed by atoms with E-state index in [4.69, 9.17) is 4.42 Å². The molecule has 0 aliphatic carbocycles. The second-order valence-corrected chi connectivity index (χ2v) is 7.38. The van der Waals surface area contributed by atoms with Crippen molar-refractivity contribution in [1.82, 2.24) is 0 Å². The van der Waals surface area contributed by atoms with Crippen LogP contribution in [0.2, 0.25) is 0 Å². The van der Waals surface area contributed by atoms with Crippen molar-refractivity contribution < 1.29 is 18.4 Å². The minimum Gasteiger partial charge on any atom is -0.459 e. The molecule has 3 rings (SSSR count). The van der Waals surface area contributed by atoms with E-state index in [1.54, 1.807) is 36.4 Å². The lowest BCUT2D eigenvalue weighted by Crippen LogP contribution is -2.15. The number of halogens is 2. The molecule has 0 atom stereocenters. The van der Waals surface area contributed by atoms with Gasteiger partial charge in [-0.05, 0) is 48.5 Å². The van der Waals surface area contributed by atoms with Crippen molar-refractivity contribution in [2.75, 3.05) is 16.4 Å². The molecule has 8 heteroatoms. The first kappa shape index (κ1) is 19.2. The zero-order valence-electron chi connectivity index (χ0n) is 13.9. The first-order chi connectivity index (χ1) is 13.0. The van der Waals surface area contributed by atoms with E-state index in [2.05, 4.69) is 26.6 Å². The zero-order chi connectivity index (χ0) is 19.2. The third-order valence-corrected chi connectivity index (χ3v) is 4.90. The molecule has 0 saturated carbocycles. The van der Waals surface area contributed by atoms with Crippen LogP contribution in [0.4, 0.5) is 15.8 Å². The van der Waals surface area contributed by atoms with Gasteiger partial charge in [-0.25, -0.2) is 4.39 Å². The van der Waals surface area contributed by atoms with E-state index in [0.717, 1.165) is 4.90 Å². The number of rotatable bonds is 6. The van der Waals surface area contributed by atoms with Gasteiger partial charge in [-0.3, -0.25) is 9.59 Å². The summed E-state index contributed by atoms with van der Waals surface area (Å²) in [5.41, 5.74) is 0.712. The van der Waals surface area contributed by atoms with Crippen molar-refractivity contribution in [3.05, 3.63) is 76.9 Å². The molecule has 0 saturated heterocycles. The quantitative estimate of drug-likeness (QED) is 0.510. The molecule has 1 aromatic heterocycles. The summed E-state index contributed by atoms with van der Waals surface area (Å²) in [4.78, 5) is 24.8. The Morgan fingerprint density at radius 1 is 1.07 bits per heavy atom. The standard InChI is InChI=1S/C19H14BrFN2O3S/c20-12-6-7-16(15(21)9-12)23-18(24)11-27-14-4-1-3-13(10-14)22-19(25)17-5-2-8-26-17/h1-10H,11H2,(H,22,25)(H,23,24). The monoisotopic (exact) mass is 448 g/mol. The number of hydrogen-bond donors (Lipinski definition) is 2. The van der Waals surface area contributed by atoms with Gasteiger partial charge >= 0.3 is 0 Å². The summed E-state index contributed by atoms with van der Waals surface area (Å²) in [7, 11) is 0. The maximum Gasteiger partial charge on any atom is 0.291 e. The van der Waals surface area contributed by atoms with Crippen LogP contribution in [0.1, 0.15) is 10.6 Å². The molecule has 1 heterocycles. The Morgan fingerprint density at radius 2 is 1.93 bits per heavy atom. The van der Waals surface area contributed by atoms with Crippen LogP contribution < -0.4 is 10.6 Å². The van der Waals surface area contributed by atoms with Gasteiger partial charge in [0.05, 0.1) is 17.7 Å². The predicted octanol–water partition coefficient (Wildman–Crippen LogP) is 5.16. The van der Waals surface area contributed by atoms with Crippen LogP contribution in [-0.2, 0) is 4.79 Å². The number of furan rings is 1. The fourth-order valence-corrected chi connectivity index (χ4v) is 3.28. The number of thioether (sulfide) groups is 1. The van der Waals surface area contributed by atoms with Crippen molar-refractivity contribution in [2.45, 2.75) is 4.90 Å². The Kier molecular flexibility index (Phi) is 6.31. The SMILES string of the molecule is O=C(CSc1cccc(NC(=O)c2ccco2)c1)Nc1ccc(Br)cc1F. The number of carbonyl (C=O) groups is 2. The molecule has 2 aromatic carbocycles. The Hall–Kier alpha value is -2.58. The van der Waals surface area contributed by atoms with E-state index in [-0.39, 0.29) is 29.0 Å². The van der Waals surface area contributed by atoms with E-state index in [0.29, 0.717) is 10.2 Å². The van der Waals surface area contributed by atoms with E-state index < -0.39 is 5.82 Å². The zero-order valence-corrected chi connectivity index (χ0v) is 16.3. The lowest BCUT2D eigenvalue weighted by Gasteiger charge is -2.08. The molecule has 2 N–H and O–H groups in total. The van der Waals surface area contributed by atoms with Gasteiger partial charge in [0.15, 0.2) is 5.76 Å². The number of benzene rings is 2. The topological polar surface area (TPSA) is 71.3 Å². The van der Waals surface area contributed by atoms with Gasteiger partial charge in [-0.2, -0.15) is 0 Å². The molecule has 3 aromatic rings. The highest BCUT2D eigenvalue weighted by Crippen LogP contribution is 2.23. The predicted molar refractivity (Wildman–Crippen MR) is 107 cm³/mol. The molecule has 5 nitrogen and oxygen atoms in total. The number of anilines is 2. The van der Waals surface area contributed by atoms with E-state index >= 15 is 0 Å². The van der Waals surface area contributed by atoms with Gasteiger partial charge < -0.3 is 15.1 Å². The van der Waals surface area contributed by atoms with E-state index in [1.807, 2.05) is 6.07 Å². The van der Waals surface area contributed by atoms with E-state index in [9.17, 15) is 14.0 Å². The third-order valence-electron chi connectivity index (χ3n) is 3.41. The van der Waals surface area contributed by atoms with Gasteiger partial charge in [0.1, 0.15) is 5.82 Å². The summed E-state index contributed by atoms with van der Waals surface area (Å²) in [6, 6.07) is 14.7. The van der Waals surface area contributed by atoms with Crippen LogP contribution in [0, 0.1) is 5.82 Å². The largest absolute Gasteiger partial charge is 0.459 e. The smallest absolute Gasteiger partial charge is 0.291 e. The van der Waals surface area contributed by atoms with E-state index in [1.165, 1.54) is 30.2 Å². The van der Waals surface area contributed by atoms with Crippen molar-refractivity contribution >= 4 is 50.9 Å². The van der Waals surface area contributed by atoms with Crippen LogP contribution in [0.25, 0.3) is 0 Å². The lowest BCUT2D eigenvalue weighted by atomic mass is 10.3. The fraction of sp³-hybridized carbons (Fsp3) is 0.0526. The molecule has 0 unspecified atom stereocenters. The van der Waals surface area contributed by atoms with Gasteiger partial charge in [-0.15, -0.1) is 11.8 Å². The second-order valence-electron chi connectivity index (χ2n) is 5.42. The van der Waals surface area contributed by atoms with Gasteiger partial charge in [-0.1, -0.05) is 22.0 Å². The maximum absolute atomic E-state index is 13.8. The highest BCUT2D eigenvalue weighted by Gasteiger charge is 2.10. The number of hydrogen-bond acceptors (Lipinski definition) is 4. The van der Waals surface area contributed by atoms with Crippen LogP contribution in [0.3, 0.4) is 0 Å². The summed E-state index contributed by atoms with van der Waals surface area (Å²) >= 11 is 4.44. The molecule has 0 aliphatic heterocycles. The van der Waals surface area contributed by atoms with Gasteiger partial charge in [0, 0.05) is 15.1 Å². The van der Waals surface area contributed by atoms with Crippen LogP contribution in [-0.4, -0.2) is 17.6 Å². The molecule has 138 valence electrons. The Labute approximate surface area is 167 Å². The Morgan fingerprint density at radius 3 is 2.67 bits per heavy atom. The van der Waals surface area contributed by atoms with Gasteiger partial charge in [0.25, 0.3) is 5.91 Å². The summed E-state index contributed by atoms with van der Waals surface area (Å²) < 4.78 is 19.4. The van der Waals surface area contributed by atoms with Crippen LogP contribution in [0.5, 0.6) is 0 Å². The lowest BCUT2D eigenvalue weighted by molar-refractivity contribution is -0.113. The van der Waals surface area contributed by atoms with Crippen LogP contribution >= 0.6 is 27.7 Å². The normalized spacial score (nSPS) is 10.4. The summed E-state index contributed by atoms with van der Waals surface area (Å²) in [6.07, 6.45) is 1.42. The average molecular weight is 449 g/mol. The number of amides is 2. The molecule has 0 radical (unpaired) electrons. The van der Waals surface area contributed by atoms with Crippen LogP contribution in [0.15, 0.2) is 74.6 Å². The minimum atomic E-state index is -0.509. The van der Waals surface area contributed by atoms with Crippen molar-refractivity contribution in [3.63, 3.8) is 0 Å². The van der Waals surface area contributed by atoms with Gasteiger partial charge in [0.2, 0.25) is 5.91 Å². The molecule has 0 bridgehead atoms.